The molecule has 0 bridgehead atoms. The molecule has 0 spiro atoms. The zero-order valence-electron chi connectivity index (χ0n) is 14.7. The van der Waals surface area contributed by atoms with Crippen molar-refractivity contribution in [2.45, 2.75) is 0 Å². The fraction of sp³-hybridized carbons (Fsp3) is 0.105. The molecule has 1 heterocycles. The third kappa shape index (κ3) is 4.32. The SMILES string of the molecule is COc1cn(-c2ccccc2)nc1C(=O)OCC(=O)Nc1ccc(F)c(F)c1. The third-order valence-corrected chi connectivity index (χ3v) is 3.65. The van der Waals surface area contributed by atoms with E-state index in [1.54, 1.807) is 12.1 Å². The lowest BCUT2D eigenvalue weighted by atomic mass is 10.3. The first-order valence-corrected chi connectivity index (χ1v) is 8.09. The predicted molar refractivity (Wildman–Crippen MR) is 95.4 cm³/mol. The average molecular weight is 387 g/mol. The summed E-state index contributed by atoms with van der Waals surface area (Å²) in [6, 6.07) is 11.9. The van der Waals surface area contributed by atoms with Crippen molar-refractivity contribution in [1.82, 2.24) is 9.78 Å². The number of benzene rings is 2. The van der Waals surface area contributed by atoms with Crippen LogP contribution in [0.4, 0.5) is 14.5 Å². The molecule has 1 N–H and O–H groups in total. The predicted octanol–water partition coefficient (Wildman–Crippen LogP) is 2.95. The van der Waals surface area contributed by atoms with E-state index in [2.05, 4.69) is 10.4 Å². The van der Waals surface area contributed by atoms with Crippen molar-refractivity contribution >= 4 is 17.6 Å². The molecular formula is C19H15F2N3O4. The quantitative estimate of drug-likeness (QED) is 0.658. The minimum atomic E-state index is -1.11. The fourth-order valence-electron chi connectivity index (χ4n) is 2.33. The third-order valence-electron chi connectivity index (χ3n) is 3.65. The van der Waals surface area contributed by atoms with Gasteiger partial charge in [-0.15, -0.1) is 0 Å². The van der Waals surface area contributed by atoms with E-state index in [0.29, 0.717) is 5.69 Å². The number of methoxy groups -OCH3 is 1. The molecule has 0 unspecified atom stereocenters. The van der Waals surface area contributed by atoms with Gasteiger partial charge in [0.15, 0.2) is 24.0 Å². The van der Waals surface area contributed by atoms with E-state index in [1.165, 1.54) is 24.1 Å². The number of nitrogens with zero attached hydrogens (tertiary/aromatic N) is 2. The molecular weight excluding hydrogens is 372 g/mol. The van der Waals surface area contributed by atoms with E-state index >= 15 is 0 Å². The number of halogens is 2. The van der Waals surface area contributed by atoms with Crippen LogP contribution < -0.4 is 10.1 Å². The number of carbonyl (C=O) groups is 2. The summed E-state index contributed by atoms with van der Waals surface area (Å²) in [5.74, 6) is -3.56. The van der Waals surface area contributed by atoms with Crippen molar-refractivity contribution in [3.63, 3.8) is 0 Å². The van der Waals surface area contributed by atoms with Crippen molar-refractivity contribution < 1.29 is 27.8 Å². The van der Waals surface area contributed by atoms with Crippen molar-refractivity contribution in [2.75, 3.05) is 19.0 Å². The number of para-hydroxylation sites is 1. The second-order valence-electron chi connectivity index (χ2n) is 5.58. The molecule has 2 aromatic carbocycles. The van der Waals surface area contributed by atoms with E-state index in [4.69, 9.17) is 9.47 Å². The average Bonchev–Trinajstić information content (AvgIpc) is 3.14. The van der Waals surface area contributed by atoms with Gasteiger partial charge < -0.3 is 14.8 Å². The molecule has 0 saturated carbocycles. The highest BCUT2D eigenvalue weighted by Gasteiger charge is 2.21. The molecule has 7 nitrogen and oxygen atoms in total. The standard InChI is InChI=1S/C19H15F2N3O4/c1-27-16-10-24(13-5-3-2-4-6-13)23-18(16)19(26)28-11-17(25)22-12-7-8-14(20)15(21)9-12/h2-10H,11H2,1H3,(H,22,25). The number of rotatable bonds is 6. The van der Waals surface area contributed by atoms with Gasteiger partial charge in [0.05, 0.1) is 19.0 Å². The van der Waals surface area contributed by atoms with Gasteiger partial charge in [0, 0.05) is 11.8 Å². The largest absolute Gasteiger partial charge is 0.493 e. The first kappa shape index (κ1) is 19.0. The smallest absolute Gasteiger partial charge is 0.363 e. The molecule has 1 aromatic heterocycles. The van der Waals surface area contributed by atoms with Crippen LogP contribution in [0.5, 0.6) is 5.75 Å². The molecule has 0 aliphatic rings. The zero-order valence-corrected chi connectivity index (χ0v) is 14.7. The van der Waals surface area contributed by atoms with Crippen molar-refractivity contribution in [1.29, 1.82) is 0 Å². The van der Waals surface area contributed by atoms with E-state index in [-0.39, 0.29) is 17.1 Å². The molecule has 144 valence electrons. The van der Waals surface area contributed by atoms with Crippen molar-refractivity contribution in [3.8, 4) is 11.4 Å². The first-order chi connectivity index (χ1) is 13.5. The number of nitrogens with one attached hydrogen (secondary N) is 1. The number of ether oxygens (including phenoxy) is 2. The van der Waals surface area contributed by atoms with Crippen LogP contribution in [0.3, 0.4) is 0 Å². The molecule has 0 fully saturated rings. The Bertz CT molecular complexity index is 1010. The summed E-state index contributed by atoms with van der Waals surface area (Å²) in [4.78, 5) is 24.1. The number of anilines is 1. The fourth-order valence-corrected chi connectivity index (χ4v) is 2.33. The molecule has 0 aliphatic heterocycles. The lowest BCUT2D eigenvalue weighted by molar-refractivity contribution is -0.119. The Morgan fingerprint density at radius 3 is 2.54 bits per heavy atom. The van der Waals surface area contributed by atoms with Crippen LogP contribution >= 0.6 is 0 Å². The van der Waals surface area contributed by atoms with Crippen molar-refractivity contribution in [3.05, 3.63) is 72.1 Å². The summed E-state index contributed by atoms with van der Waals surface area (Å²) < 4.78 is 37.6. The summed E-state index contributed by atoms with van der Waals surface area (Å²) in [7, 11) is 1.37. The number of carbonyl (C=O) groups excluding carboxylic acids is 2. The molecule has 0 aliphatic carbocycles. The van der Waals surface area contributed by atoms with Crippen molar-refractivity contribution in [2.24, 2.45) is 0 Å². The maximum Gasteiger partial charge on any atom is 0.363 e. The molecule has 0 radical (unpaired) electrons. The van der Waals surface area contributed by atoms with Gasteiger partial charge in [-0.05, 0) is 24.3 Å². The van der Waals surface area contributed by atoms with E-state index < -0.39 is 30.1 Å². The number of hydrogen-bond donors (Lipinski definition) is 1. The normalized spacial score (nSPS) is 10.4. The summed E-state index contributed by atoms with van der Waals surface area (Å²) in [5.41, 5.74) is 0.633. The summed E-state index contributed by atoms with van der Waals surface area (Å²) in [6.45, 7) is -0.640. The summed E-state index contributed by atoms with van der Waals surface area (Å²) in [5, 5.41) is 6.43. The van der Waals surface area contributed by atoms with Crippen LogP contribution in [0.25, 0.3) is 5.69 Å². The van der Waals surface area contributed by atoms with Crippen LogP contribution in [-0.2, 0) is 9.53 Å². The molecule has 0 saturated heterocycles. The van der Waals surface area contributed by atoms with Gasteiger partial charge >= 0.3 is 5.97 Å². The monoisotopic (exact) mass is 387 g/mol. The lowest BCUT2D eigenvalue weighted by Crippen LogP contribution is -2.21. The Balaban J connectivity index is 1.65. The van der Waals surface area contributed by atoms with Gasteiger partial charge in [-0.25, -0.2) is 18.3 Å². The minimum absolute atomic E-state index is 0.0332. The molecule has 3 aromatic rings. The molecule has 28 heavy (non-hydrogen) atoms. The minimum Gasteiger partial charge on any atom is -0.493 e. The zero-order chi connectivity index (χ0) is 20.1. The van der Waals surface area contributed by atoms with Gasteiger partial charge in [-0.2, -0.15) is 5.10 Å². The van der Waals surface area contributed by atoms with Gasteiger partial charge in [0.25, 0.3) is 5.91 Å². The van der Waals surface area contributed by atoms with Gasteiger partial charge in [-0.3, -0.25) is 4.79 Å². The Morgan fingerprint density at radius 1 is 1.11 bits per heavy atom. The van der Waals surface area contributed by atoms with Crippen LogP contribution in [0, 0.1) is 11.6 Å². The van der Waals surface area contributed by atoms with Crippen LogP contribution in [0.15, 0.2) is 54.7 Å². The van der Waals surface area contributed by atoms with Crippen LogP contribution in [-0.4, -0.2) is 35.4 Å². The van der Waals surface area contributed by atoms with E-state index in [0.717, 1.165) is 12.1 Å². The second-order valence-corrected chi connectivity index (χ2v) is 5.58. The van der Waals surface area contributed by atoms with Crippen LogP contribution in [0.2, 0.25) is 0 Å². The highest BCUT2D eigenvalue weighted by atomic mass is 19.2. The maximum absolute atomic E-state index is 13.2. The Morgan fingerprint density at radius 2 is 1.86 bits per heavy atom. The van der Waals surface area contributed by atoms with E-state index in [9.17, 15) is 18.4 Å². The summed E-state index contributed by atoms with van der Waals surface area (Å²) >= 11 is 0. The second kappa shape index (κ2) is 8.30. The highest BCUT2D eigenvalue weighted by molar-refractivity contribution is 5.95. The Kier molecular flexibility index (Phi) is 5.64. The Hall–Kier alpha value is -3.75. The number of esters is 1. The van der Waals surface area contributed by atoms with Gasteiger partial charge in [0.2, 0.25) is 5.69 Å². The number of amides is 1. The lowest BCUT2D eigenvalue weighted by Gasteiger charge is -2.06. The molecule has 1 amide bonds. The maximum atomic E-state index is 13.2. The van der Waals surface area contributed by atoms with Gasteiger partial charge in [-0.1, -0.05) is 18.2 Å². The van der Waals surface area contributed by atoms with E-state index in [1.807, 2.05) is 18.2 Å². The highest BCUT2D eigenvalue weighted by Crippen LogP contribution is 2.20. The molecule has 0 atom stereocenters. The number of hydrogen-bond acceptors (Lipinski definition) is 5. The first-order valence-electron chi connectivity index (χ1n) is 8.09. The van der Waals surface area contributed by atoms with Gasteiger partial charge in [0.1, 0.15) is 0 Å². The number of aromatic nitrogens is 2. The summed E-state index contributed by atoms with van der Waals surface area (Å²) in [6.07, 6.45) is 1.51. The molecule has 3 rings (SSSR count). The topological polar surface area (TPSA) is 82.5 Å². The Labute approximate surface area is 158 Å². The van der Waals surface area contributed by atoms with Crippen LogP contribution in [0.1, 0.15) is 10.5 Å². The molecule has 9 heteroatoms.